The summed E-state index contributed by atoms with van der Waals surface area (Å²) in [6.07, 6.45) is 66.7. The van der Waals surface area contributed by atoms with E-state index in [4.69, 9.17) is 37.0 Å². The average molecular weight is 1510 g/mol. The molecule has 0 aliphatic rings. The number of aliphatic hydroxyl groups is 1. The minimum absolute atomic E-state index is 0.108. The molecular weight excluding hydrogens is 1340 g/mol. The molecule has 0 saturated heterocycles. The predicted octanol–water partition coefficient (Wildman–Crippen LogP) is 25.5. The third-order valence-electron chi connectivity index (χ3n) is 19.7. The zero-order chi connectivity index (χ0) is 75.6. The Kier molecular flexibility index (Phi) is 74.1. The van der Waals surface area contributed by atoms with Gasteiger partial charge in [0.25, 0.3) is 0 Å². The molecule has 19 heteroatoms. The zero-order valence-corrected chi connectivity index (χ0v) is 69.4. The minimum atomic E-state index is -4.96. The van der Waals surface area contributed by atoms with Gasteiger partial charge >= 0.3 is 39.5 Å². The van der Waals surface area contributed by atoms with Gasteiger partial charge in [0, 0.05) is 25.7 Å². The van der Waals surface area contributed by atoms with Gasteiger partial charge in [0.2, 0.25) is 0 Å². The molecule has 0 aliphatic carbocycles. The number of carbonyl (C=O) groups is 4. The Morgan fingerprint density at radius 1 is 0.262 bits per heavy atom. The summed E-state index contributed by atoms with van der Waals surface area (Å²) in [6.45, 7) is 9.64. The molecule has 612 valence electrons. The molecule has 0 rings (SSSR count). The summed E-state index contributed by atoms with van der Waals surface area (Å²) in [5.74, 6) is -0.588. The lowest BCUT2D eigenvalue weighted by molar-refractivity contribution is -0.161. The first-order valence-corrected chi connectivity index (χ1v) is 46.5. The first kappa shape index (κ1) is 101. The van der Waals surface area contributed by atoms with E-state index in [9.17, 15) is 43.2 Å². The van der Waals surface area contributed by atoms with Crippen LogP contribution in [0.5, 0.6) is 0 Å². The van der Waals surface area contributed by atoms with Crippen molar-refractivity contribution >= 4 is 39.5 Å². The highest BCUT2D eigenvalue weighted by Gasteiger charge is 2.30. The standard InChI is InChI=1S/C84H164O17P2/c1-7-9-11-13-15-17-19-21-23-24-25-26-27-28-29-30-34-39-43-51-57-63-69-84(89)100-79(72-94-81(86)66-60-54-48-41-37-35-31-32-36-40-46-52-58-64-76(3)4)74-98-102(90,91)96-70-78(85)71-97-103(92,93)99-75-80(73-95-82(87)67-61-55-49-45-44-47-53-59-65-77(5)6)101-83(88)68-62-56-50-42-38-33-22-20-18-16-14-12-10-8-2/h76-80,85H,7-75H2,1-6H3,(H,90,91)(H,92,93)/t78-,79-,80-/m1/s1. The number of carbonyl (C=O) groups excluding carboxylic acids is 4. The van der Waals surface area contributed by atoms with Gasteiger partial charge in [-0.1, -0.05) is 395 Å². The highest BCUT2D eigenvalue weighted by atomic mass is 31.2. The van der Waals surface area contributed by atoms with E-state index < -0.39 is 97.5 Å². The second-order valence-corrected chi connectivity index (χ2v) is 34.1. The maximum absolute atomic E-state index is 13.1. The average Bonchev–Trinajstić information content (AvgIpc) is 0.929. The van der Waals surface area contributed by atoms with Gasteiger partial charge in [-0.2, -0.15) is 0 Å². The molecular formula is C84H164O17P2. The van der Waals surface area contributed by atoms with Gasteiger partial charge < -0.3 is 33.8 Å². The van der Waals surface area contributed by atoms with Crippen LogP contribution < -0.4 is 0 Å². The van der Waals surface area contributed by atoms with Crippen molar-refractivity contribution < 1.29 is 80.2 Å². The molecule has 0 spiro atoms. The maximum atomic E-state index is 13.1. The van der Waals surface area contributed by atoms with Gasteiger partial charge in [0.15, 0.2) is 12.2 Å². The predicted molar refractivity (Wildman–Crippen MR) is 423 cm³/mol. The lowest BCUT2D eigenvalue weighted by atomic mass is 10.0. The maximum Gasteiger partial charge on any atom is 0.472 e. The van der Waals surface area contributed by atoms with E-state index in [-0.39, 0.29) is 25.7 Å². The number of hydrogen-bond acceptors (Lipinski definition) is 15. The van der Waals surface area contributed by atoms with Gasteiger partial charge in [0.05, 0.1) is 26.4 Å². The van der Waals surface area contributed by atoms with Crippen LogP contribution in [-0.4, -0.2) is 96.7 Å². The highest BCUT2D eigenvalue weighted by molar-refractivity contribution is 7.47. The number of phosphoric acid groups is 2. The van der Waals surface area contributed by atoms with Gasteiger partial charge in [-0.05, 0) is 37.5 Å². The Labute approximate surface area is 632 Å². The Morgan fingerprint density at radius 2 is 0.447 bits per heavy atom. The number of phosphoric ester groups is 2. The van der Waals surface area contributed by atoms with Crippen LogP contribution in [0.25, 0.3) is 0 Å². The van der Waals surface area contributed by atoms with E-state index in [0.717, 1.165) is 102 Å². The van der Waals surface area contributed by atoms with Crippen molar-refractivity contribution in [3.8, 4) is 0 Å². The highest BCUT2D eigenvalue weighted by Crippen LogP contribution is 2.45. The molecule has 103 heavy (non-hydrogen) atoms. The van der Waals surface area contributed by atoms with Crippen molar-refractivity contribution in [1.82, 2.24) is 0 Å². The summed E-state index contributed by atoms with van der Waals surface area (Å²) >= 11 is 0. The molecule has 5 atom stereocenters. The third kappa shape index (κ3) is 78.0. The number of aliphatic hydroxyl groups excluding tert-OH is 1. The molecule has 3 N–H and O–H groups in total. The number of rotatable bonds is 83. The fourth-order valence-corrected chi connectivity index (χ4v) is 14.6. The van der Waals surface area contributed by atoms with Crippen LogP contribution in [0.3, 0.4) is 0 Å². The van der Waals surface area contributed by atoms with Crippen molar-refractivity contribution in [3.63, 3.8) is 0 Å². The molecule has 0 saturated carbocycles. The van der Waals surface area contributed by atoms with Crippen LogP contribution in [0.1, 0.15) is 446 Å². The molecule has 0 radical (unpaired) electrons. The Morgan fingerprint density at radius 3 is 0.660 bits per heavy atom. The van der Waals surface area contributed by atoms with E-state index in [1.165, 1.54) is 263 Å². The van der Waals surface area contributed by atoms with Crippen LogP contribution >= 0.6 is 15.6 Å². The monoisotopic (exact) mass is 1510 g/mol. The van der Waals surface area contributed by atoms with Gasteiger partial charge in [-0.3, -0.25) is 37.3 Å². The second-order valence-electron chi connectivity index (χ2n) is 31.2. The fourth-order valence-electron chi connectivity index (χ4n) is 13.1. The summed E-state index contributed by atoms with van der Waals surface area (Å²) in [4.78, 5) is 73.1. The SMILES string of the molecule is CCCCCCCCCCCCCCCCCCCCCCCCC(=O)O[C@H](COC(=O)CCCCCCCCCCCCCCCC(C)C)COP(=O)(O)OC[C@@H](O)COP(=O)(O)OC[C@@H](COC(=O)CCCCCCCCCCC(C)C)OC(=O)CCCCCCCCCCCCCCCC. The van der Waals surface area contributed by atoms with E-state index in [1.54, 1.807) is 0 Å². The molecule has 0 aromatic rings. The van der Waals surface area contributed by atoms with Crippen molar-refractivity contribution in [3.05, 3.63) is 0 Å². The van der Waals surface area contributed by atoms with E-state index in [0.29, 0.717) is 25.7 Å². The lowest BCUT2D eigenvalue weighted by Crippen LogP contribution is -2.30. The first-order valence-electron chi connectivity index (χ1n) is 43.5. The number of unbranched alkanes of at least 4 members (excludes halogenated alkanes) is 53. The normalized spacial score (nSPS) is 13.9. The zero-order valence-electron chi connectivity index (χ0n) is 67.6. The van der Waals surface area contributed by atoms with Crippen molar-refractivity contribution in [2.75, 3.05) is 39.6 Å². The summed E-state index contributed by atoms with van der Waals surface area (Å²) in [6, 6.07) is 0. The summed E-state index contributed by atoms with van der Waals surface area (Å²) < 4.78 is 68.8. The fraction of sp³-hybridized carbons (Fsp3) is 0.952. The molecule has 0 bridgehead atoms. The summed E-state index contributed by atoms with van der Waals surface area (Å²) in [5.41, 5.74) is 0. The smallest absolute Gasteiger partial charge is 0.462 e. The number of ether oxygens (including phenoxy) is 4. The summed E-state index contributed by atoms with van der Waals surface area (Å²) in [7, 11) is -9.92. The Bertz CT molecular complexity index is 1980. The quantitative estimate of drug-likeness (QED) is 0.0222. The third-order valence-corrected chi connectivity index (χ3v) is 21.6. The molecule has 0 aliphatic heterocycles. The van der Waals surface area contributed by atoms with E-state index >= 15 is 0 Å². The lowest BCUT2D eigenvalue weighted by Gasteiger charge is -2.21. The van der Waals surface area contributed by atoms with E-state index in [1.807, 2.05) is 0 Å². The van der Waals surface area contributed by atoms with Crippen LogP contribution in [0.2, 0.25) is 0 Å². The van der Waals surface area contributed by atoms with Crippen LogP contribution in [0, 0.1) is 11.8 Å². The van der Waals surface area contributed by atoms with Crippen LogP contribution in [0.15, 0.2) is 0 Å². The molecule has 0 aromatic carbocycles. The largest absolute Gasteiger partial charge is 0.472 e. The van der Waals surface area contributed by atoms with Gasteiger partial charge in [0.1, 0.15) is 19.3 Å². The van der Waals surface area contributed by atoms with Gasteiger partial charge in [-0.25, -0.2) is 9.13 Å². The first-order chi connectivity index (χ1) is 49.9. The molecule has 0 heterocycles. The molecule has 17 nitrogen and oxygen atoms in total. The Hall–Kier alpha value is -1.94. The number of esters is 4. The number of hydrogen-bond donors (Lipinski definition) is 3. The molecule has 0 amide bonds. The molecule has 0 aromatic heterocycles. The van der Waals surface area contributed by atoms with Crippen molar-refractivity contribution in [2.24, 2.45) is 11.8 Å². The van der Waals surface area contributed by atoms with Crippen LogP contribution in [-0.2, 0) is 65.4 Å². The Balaban J connectivity index is 5.22. The molecule has 2 unspecified atom stereocenters. The van der Waals surface area contributed by atoms with Crippen molar-refractivity contribution in [2.45, 2.75) is 464 Å². The van der Waals surface area contributed by atoms with Crippen molar-refractivity contribution in [1.29, 1.82) is 0 Å². The molecule has 0 fully saturated rings. The van der Waals surface area contributed by atoms with Crippen LogP contribution in [0.4, 0.5) is 0 Å². The van der Waals surface area contributed by atoms with Gasteiger partial charge in [-0.15, -0.1) is 0 Å². The topological polar surface area (TPSA) is 237 Å². The summed E-state index contributed by atoms with van der Waals surface area (Å²) in [5, 5.41) is 10.7. The van der Waals surface area contributed by atoms with E-state index in [2.05, 4.69) is 41.5 Å². The minimum Gasteiger partial charge on any atom is -0.462 e. The second kappa shape index (κ2) is 75.5.